The number of hydrazine groups is 1. The van der Waals surface area contributed by atoms with Crippen LogP contribution >= 0.6 is 11.6 Å². The van der Waals surface area contributed by atoms with Gasteiger partial charge in [0, 0.05) is 23.4 Å². The Hall–Kier alpha value is -0.970. The zero-order valence-electron chi connectivity index (χ0n) is 9.42. The van der Waals surface area contributed by atoms with Crippen LogP contribution in [0.15, 0.2) is 34.2 Å². The lowest BCUT2D eigenvalue weighted by Crippen LogP contribution is -2.36. The summed E-state index contributed by atoms with van der Waals surface area (Å²) < 4.78 is 0. The van der Waals surface area contributed by atoms with E-state index < -0.39 is 0 Å². The van der Waals surface area contributed by atoms with Crippen molar-refractivity contribution in [3.8, 4) is 0 Å². The first kappa shape index (κ1) is 11.5. The van der Waals surface area contributed by atoms with Crippen LogP contribution in [0.5, 0.6) is 0 Å². The highest BCUT2D eigenvalue weighted by Gasteiger charge is 2.23. The molecule has 0 spiro atoms. The number of nitrogens with one attached hydrogen (secondary N) is 2. The fraction of sp³-hybridized carbons (Fsp3) is 0.455. The third-order valence-electron chi connectivity index (χ3n) is 2.78. The van der Waals surface area contributed by atoms with Crippen LogP contribution in [0.2, 0.25) is 0 Å². The van der Waals surface area contributed by atoms with Gasteiger partial charge < -0.3 is 15.4 Å². The molecule has 3 N–H and O–H groups in total. The molecule has 88 valence electrons. The molecule has 5 heteroatoms. The monoisotopic (exact) mass is 241 g/mol. The average Bonchev–Trinajstić information content (AvgIpc) is 2.63. The molecule has 0 aliphatic carbocycles. The molecule has 0 aromatic rings. The summed E-state index contributed by atoms with van der Waals surface area (Å²) in [6, 6.07) is -0.0191. The smallest absolute Gasteiger partial charge is 0.0697 e. The lowest BCUT2D eigenvalue weighted by molar-refractivity contribution is 0.221. The maximum absolute atomic E-state index is 9.11. The Labute approximate surface area is 100 Å². The van der Waals surface area contributed by atoms with Gasteiger partial charge in [-0.25, -0.2) is 5.43 Å². The lowest BCUT2D eigenvalue weighted by Gasteiger charge is -2.23. The van der Waals surface area contributed by atoms with E-state index in [4.69, 9.17) is 16.7 Å². The predicted molar refractivity (Wildman–Crippen MR) is 64.5 cm³/mol. The van der Waals surface area contributed by atoms with E-state index in [9.17, 15) is 0 Å². The first-order valence-electron chi connectivity index (χ1n) is 5.25. The molecule has 0 radical (unpaired) electrons. The molecule has 2 rings (SSSR count). The second-order valence-corrected chi connectivity index (χ2v) is 4.50. The number of hydrogen-bond donors (Lipinski definition) is 3. The van der Waals surface area contributed by atoms with Gasteiger partial charge in [0.15, 0.2) is 0 Å². The number of rotatable bonds is 2. The highest BCUT2D eigenvalue weighted by Crippen LogP contribution is 2.26. The minimum atomic E-state index is -0.0191. The SMILES string of the molecule is CC1=C(C2=CC(CO)NN2C)C=C(Cl)CN1. The van der Waals surface area contributed by atoms with Crippen LogP contribution in [0, 0.1) is 0 Å². The van der Waals surface area contributed by atoms with Gasteiger partial charge in [-0.05, 0) is 19.1 Å². The van der Waals surface area contributed by atoms with Gasteiger partial charge >= 0.3 is 0 Å². The van der Waals surface area contributed by atoms with E-state index >= 15 is 0 Å². The summed E-state index contributed by atoms with van der Waals surface area (Å²) >= 11 is 6.02. The normalized spacial score (nSPS) is 25.5. The largest absolute Gasteiger partial charge is 0.394 e. The quantitative estimate of drug-likeness (QED) is 0.666. The van der Waals surface area contributed by atoms with Crippen molar-refractivity contribution >= 4 is 11.6 Å². The third kappa shape index (κ3) is 2.09. The van der Waals surface area contributed by atoms with Crippen molar-refractivity contribution in [1.82, 2.24) is 15.8 Å². The maximum Gasteiger partial charge on any atom is 0.0697 e. The summed E-state index contributed by atoms with van der Waals surface area (Å²) in [6.07, 6.45) is 3.98. The minimum absolute atomic E-state index is 0.0191. The van der Waals surface area contributed by atoms with Crippen molar-refractivity contribution in [3.05, 3.63) is 34.2 Å². The van der Waals surface area contributed by atoms with Gasteiger partial charge in [0.05, 0.1) is 24.9 Å². The van der Waals surface area contributed by atoms with Gasteiger partial charge in [-0.3, -0.25) is 0 Å². The van der Waals surface area contributed by atoms with Crippen molar-refractivity contribution in [1.29, 1.82) is 0 Å². The van der Waals surface area contributed by atoms with Crippen LogP contribution < -0.4 is 10.7 Å². The van der Waals surface area contributed by atoms with Crippen LogP contribution in [-0.4, -0.2) is 36.4 Å². The molecule has 0 aromatic carbocycles. The van der Waals surface area contributed by atoms with E-state index in [0.29, 0.717) is 6.54 Å². The molecule has 0 amide bonds. The van der Waals surface area contributed by atoms with Gasteiger partial charge in [0.2, 0.25) is 0 Å². The molecular weight excluding hydrogens is 226 g/mol. The van der Waals surface area contributed by atoms with Gasteiger partial charge in [0.1, 0.15) is 0 Å². The van der Waals surface area contributed by atoms with Crippen molar-refractivity contribution < 1.29 is 5.11 Å². The molecule has 0 bridgehead atoms. The van der Waals surface area contributed by atoms with E-state index in [0.717, 1.165) is 22.0 Å². The number of dihydropyridines is 1. The molecular formula is C11H16ClN3O. The topological polar surface area (TPSA) is 47.5 Å². The molecule has 0 fully saturated rings. The second kappa shape index (κ2) is 4.49. The molecule has 0 aromatic heterocycles. The summed E-state index contributed by atoms with van der Waals surface area (Å²) in [5.74, 6) is 0. The molecule has 1 atom stereocenters. The summed E-state index contributed by atoms with van der Waals surface area (Å²) in [4.78, 5) is 0. The van der Waals surface area contributed by atoms with Crippen molar-refractivity contribution in [3.63, 3.8) is 0 Å². The van der Waals surface area contributed by atoms with Crippen LogP contribution in [0.4, 0.5) is 0 Å². The molecule has 0 saturated heterocycles. The van der Waals surface area contributed by atoms with Crippen molar-refractivity contribution in [2.24, 2.45) is 0 Å². The molecule has 0 saturated carbocycles. The number of likely N-dealkylation sites (N-methyl/N-ethyl adjacent to an activating group) is 1. The molecule has 4 nitrogen and oxygen atoms in total. The minimum Gasteiger partial charge on any atom is -0.394 e. The number of halogens is 1. The highest BCUT2D eigenvalue weighted by molar-refractivity contribution is 6.30. The van der Waals surface area contributed by atoms with Gasteiger partial charge in [0.25, 0.3) is 0 Å². The third-order valence-corrected chi connectivity index (χ3v) is 3.02. The average molecular weight is 242 g/mol. The number of aliphatic hydroxyl groups is 1. The van der Waals surface area contributed by atoms with E-state index in [1.807, 2.05) is 31.1 Å². The fourth-order valence-corrected chi connectivity index (χ4v) is 2.09. The number of aliphatic hydroxyl groups excluding tert-OH is 1. The molecule has 16 heavy (non-hydrogen) atoms. The molecule has 2 aliphatic heterocycles. The predicted octanol–water partition coefficient (Wildman–Crippen LogP) is 0.681. The zero-order valence-corrected chi connectivity index (χ0v) is 10.2. The second-order valence-electron chi connectivity index (χ2n) is 4.01. The van der Waals surface area contributed by atoms with E-state index in [-0.39, 0.29) is 12.6 Å². The number of hydrogen-bond acceptors (Lipinski definition) is 4. The van der Waals surface area contributed by atoms with Gasteiger partial charge in [-0.2, -0.15) is 0 Å². The van der Waals surface area contributed by atoms with Crippen LogP contribution in [0.25, 0.3) is 0 Å². The lowest BCUT2D eigenvalue weighted by atomic mass is 10.1. The summed E-state index contributed by atoms with van der Waals surface area (Å²) in [6.45, 7) is 2.80. The van der Waals surface area contributed by atoms with Gasteiger partial charge in [-0.15, -0.1) is 0 Å². The molecule has 2 heterocycles. The highest BCUT2D eigenvalue weighted by atomic mass is 35.5. The van der Waals surface area contributed by atoms with Crippen LogP contribution in [0.1, 0.15) is 6.92 Å². The fourth-order valence-electron chi connectivity index (χ4n) is 1.92. The number of nitrogens with zero attached hydrogens (tertiary/aromatic N) is 1. The van der Waals surface area contributed by atoms with Crippen molar-refractivity contribution in [2.45, 2.75) is 13.0 Å². The first-order valence-corrected chi connectivity index (χ1v) is 5.63. The maximum atomic E-state index is 9.11. The molecule has 2 aliphatic rings. The van der Waals surface area contributed by atoms with E-state index in [1.54, 1.807) is 0 Å². The Morgan fingerprint density at radius 1 is 1.62 bits per heavy atom. The zero-order chi connectivity index (χ0) is 11.7. The van der Waals surface area contributed by atoms with Crippen LogP contribution in [0.3, 0.4) is 0 Å². The van der Waals surface area contributed by atoms with E-state index in [1.165, 1.54) is 0 Å². The van der Waals surface area contributed by atoms with Crippen molar-refractivity contribution in [2.75, 3.05) is 20.2 Å². The Morgan fingerprint density at radius 3 is 3.00 bits per heavy atom. The Bertz CT molecular complexity index is 387. The summed E-state index contributed by atoms with van der Waals surface area (Å²) in [7, 11) is 1.93. The van der Waals surface area contributed by atoms with E-state index in [2.05, 4.69) is 10.7 Å². The number of allylic oxidation sites excluding steroid dienone is 2. The van der Waals surface area contributed by atoms with Crippen LogP contribution in [-0.2, 0) is 0 Å². The first-order chi connectivity index (χ1) is 7.61. The Kier molecular flexibility index (Phi) is 3.23. The standard InChI is InChI=1S/C11H16ClN3O/c1-7-10(3-8(12)5-13-7)11-4-9(6-16)14-15(11)2/h3-4,9,13-14,16H,5-6H2,1-2H3. The Balaban J connectivity index is 2.31. The molecule has 1 unspecified atom stereocenters. The van der Waals surface area contributed by atoms with Gasteiger partial charge in [-0.1, -0.05) is 11.6 Å². The Morgan fingerprint density at radius 2 is 2.38 bits per heavy atom. The summed E-state index contributed by atoms with van der Waals surface area (Å²) in [5, 5.41) is 15.0. The summed E-state index contributed by atoms with van der Waals surface area (Å²) in [5.41, 5.74) is 6.36.